The third-order valence-corrected chi connectivity index (χ3v) is 4.45. The molecular weight excluding hydrogens is 400 g/mol. The van der Waals surface area contributed by atoms with Gasteiger partial charge in [-0.15, -0.1) is 0 Å². The highest BCUT2D eigenvalue weighted by Gasteiger charge is 2.38. The van der Waals surface area contributed by atoms with Gasteiger partial charge in [-0.2, -0.15) is 8.42 Å². The SMILES string of the molecule is COC(=O)c1ccc(C(O)[C@H](O)[C@@H](O)[C@H](O)[C@@H](CO)OS(C)(=O)=O)c(OC)c1. The van der Waals surface area contributed by atoms with Crippen LogP contribution in [-0.4, -0.2) is 91.4 Å². The van der Waals surface area contributed by atoms with Crippen molar-refractivity contribution >= 4 is 16.1 Å². The van der Waals surface area contributed by atoms with Crippen LogP contribution < -0.4 is 4.74 Å². The summed E-state index contributed by atoms with van der Waals surface area (Å²) in [5, 5.41) is 49.8. The molecule has 12 heteroatoms. The molecule has 0 heterocycles. The lowest BCUT2D eigenvalue weighted by molar-refractivity contribution is -0.135. The second kappa shape index (κ2) is 10.1. The van der Waals surface area contributed by atoms with Crippen LogP contribution in [0.1, 0.15) is 22.0 Å². The second-order valence-electron chi connectivity index (χ2n) is 5.89. The predicted molar refractivity (Wildman–Crippen MR) is 94.1 cm³/mol. The predicted octanol–water partition coefficient (Wildman–Crippen LogP) is -2.06. The summed E-state index contributed by atoms with van der Waals surface area (Å²) in [5.74, 6) is -0.679. The van der Waals surface area contributed by atoms with Gasteiger partial charge in [0.2, 0.25) is 0 Å². The minimum atomic E-state index is -4.08. The van der Waals surface area contributed by atoms with E-state index in [9.17, 15) is 33.6 Å². The molecular formula is C16H24O11S. The first-order valence-corrected chi connectivity index (χ1v) is 9.76. The zero-order valence-electron chi connectivity index (χ0n) is 15.4. The Morgan fingerprint density at radius 1 is 1.07 bits per heavy atom. The number of hydrogen-bond acceptors (Lipinski definition) is 11. The van der Waals surface area contributed by atoms with Crippen molar-refractivity contribution in [2.24, 2.45) is 0 Å². The molecule has 160 valence electrons. The molecule has 0 aliphatic heterocycles. The second-order valence-corrected chi connectivity index (χ2v) is 7.49. The molecule has 0 saturated heterocycles. The first kappa shape index (κ1) is 24.2. The van der Waals surface area contributed by atoms with E-state index < -0.39 is 53.2 Å². The summed E-state index contributed by atoms with van der Waals surface area (Å²) in [6.45, 7) is -0.981. The number of methoxy groups -OCH3 is 2. The zero-order valence-corrected chi connectivity index (χ0v) is 16.2. The minimum absolute atomic E-state index is 0.0118. The van der Waals surface area contributed by atoms with Crippen LogP contribution >= 0.6 is 0 Å². The smallest absolute Gasteiger partial charge is 0.337 e. The Labute approximate surface area is 161 Å². The molecule has 0 amide bonds. The van der Waals surface area contributed by atoms with Crippen LogP contribution in [0.25, 0.3) is 0 Å². The van der Waals surface area contributed by atoms with Gasteiger partial charge in [-0.3, -0.25) is 4.18 Å². The fourth-order valence-electron chi connectivity index (χ4n) is 2.41. The van der Waals surface area contributed by atoms with Gasteiger partial charge in [0, 0.05) is 5.56 Å². The van der Waals surface area contributed by atoms with E-state index in [0.29, 0.717) is 6.26 Å². The van der Waals surface area contributed by atoms with E-state index in [-0.39, 0.29) is 16.9 Å². The lowest BCUT2D eigenvalue weighted by Crippen LogP contribution is -2.49. The molecule has 0 aliphatic rings. The number of carbonyl (C=O) groups excluding carboxylic acids is 1. The molecule has 0 fully saturated rings. The number of benzene rings is 1. The van der Waals surface area contributed by atoms with Gasteiger partial charge in [-0.1, -0.05) is 6.07 Å². The molecule has 0 radical (unpaired) electrons. The maximum Gasteiger partial charge on any atom is 0.337 e. The molecule has 1 unspecified atom stereocenters. The van der Waals surface area contributed by atoms with Crippen molar-refractivity contribution in [2.45, 2.75) is 30.5 Å². The van der Waals surface area contributed by atoms with Crippen molar-refractivity contribution in [3.05, 3.63) is 29.3 Å². The lowest BCUT2D eigenvalue weighted by Gasteiger charge is -2.30. The summed E-state index contributed by atoms with van der Waals surface area (Å²) < 4.78 is 36.4. The number of hydrogen-bond donors (Lipinski definition) is 5. The zero-order chi connectivity index (χ0) is 21.6. The van der Waals surface area contributed by atoms with Crippen LogP contribution in [0.4, 0.5) is 0 Å². The fraction of sp³-hybridized carbons (Fsp3) is 0.562. The average Bonchev–Trinajstić information content (AvgIpc) is 2.67. The molecule has 11 nitrogen and oxygen atoms in total. The standard InChI is InChI=1S/C16H24O11S/c1-25-10-6-8(16(22)26-2)4-5-9(10)12(18)14(20)15(21)13(19)11(7-17)27-28(3,23)24/h4-6,11-15,17-21H,7H2,1-3H3/t11-,12?,13-,14+,15+/m1/s1. The van der Waals surface area contributed by atoms with Gasteiger partial charge < -0.3 is 35.0 Å². The van der Waals surface area contributed by atoms with Gasteiger partial charge >= 0.3 is 5.97 Å². The lowest BCUT2D eigenvalue weighted by atomic mass is 9.94. The number of carbonyl (C=O) groups is 1. The number of aliphatic hydroxyl groups excluding tert-OH is 5. The van der Waals surface area contributed by atoms with E-state index in [1.807, 2.05) is 0 Å². The van der Waals surface area contributed by atoms with E-state index in [0.717, 1.165) is 0 Å². The Hall–Kier alpha value is -1.80. The normalized spacial score (nSPS) is 17.3. The van der Waals surface area contributed by atoms with E-state index in [2.05, 4.69) is 8.92 Å². The van der Waals surface area contributed by atoms with E-state index in [1.54, 1.807) is 0 Å². The first-order chi connectivity index (χ1) is 13.0. The van der Waals surface area contributed by atoms with Crippen LogP contribution in [0.15, 0.2) is 18.2 Å². The summed E-state index contributed by atoms with van der Waals surface area (Å²) in [7, 11) is -1.66. The molecule has 0 aromatic heterocycles. The van der Waals surface area contributed by atoms with Crippen molar-refractivity contribution in [1.29, 1.82) is 0 Å². The maximum atomic E-state index is 11.6. The molecule has 5 N–H and O–H groups in total. The van der Waals surface area contributed by atoms with Crippen molar-refractivity contribution in [2.75, 3.05) is 27.1 Å². The average molecular weight is 424 g/mol. The van der Waals surface area contributed by atoms with Crippen LogP contribution in [0.5, 0.6) is 5.75 Å². The molecule has 28 heavy (non-hydrogen) atoms. The molecule has 5 atom stereocenters. The van der Waals surface area contributed by atoms with Gasteiger partial charge in [0.15, 0.2) is 0 Å². The third-order valence-electron chi connectivity index (χ3n) is 3.86. The highest BCUT2D eigenvalue weighted by molar-refractivity contribution is 7.86. The van der Waals surface area contributed by atoms with Gasteiger partial charge in [-0.05, 0) is 12.1 Å². The van der Waals surface area contributed by atoms with Crippen molar-refractivity contribution in [3.63, 3.8) is 0 Å². The molecule has 1 aromatic carbocycles. The Morgan fingerprint density at radius 3 is 2.14 bits per heavy atom. The highest BCUT2D eigenvalue weighted by atomic mass is 32.2. The maximum absolute atomic E-state index is 11.6. The highest BCUT2D eigenvalue weighted by Crippen LogP contribution is 2.30. The van der Waals surface area contributed by atoms with Crippen molar-refractivity contribution in [3.8, 4) is 5.75 Å². The summed E-state index contributed by atoms with van der Waals surface area (Å²) in [5.41, 5.74) is 0.0748. The fourth-order valence-corrected chi connectivity index (χ4v) is 3.04. The summed E-state index contributed by atoms with van der Waals surface area (Å²) >= 11 is 0. The molecule has 0 spiro atoms. The van der Waals surface area contributed by atoms with Crippen molar-refractivity contribution < 1.29 is 52.4 Å². The van der Waals surface area contributed by atoms with Crippen LogP contribution in [-0.2, 0) is 19.0 Å². The van der Waals surface area contributed by atoms with Crippen molar-refractivity contribution in [1.82, 2.24) is 0 Å². The largest absolute Gasteiger partial charge is 0.496 e. The number of rotatable bonds is 10. The molecule has 0 aliphatic carbocycles. The summed E-state index contributed by atoms with van der Waals surface area (Å²) in [6, 6.07) is 3.77. The van der Waals surface area contributed by atoms with Crippen LogP contribution in [0.3, 0.4) is 0 Å². The molecule has 0 bridgehead atoms. The monoisotopic (exact) mass is 424 g/mol. The third kappa shape index (κ3) is 6.10. The topological polar surface area (TPSA) is 180 Å². The minimum Gasteiger partial charge on any atom is -0.496 e. The Balaban J connectivity index is 3.07. The van der Waals surface area contributed by atoms with Crippen LogP contribution in [0.2, 0.25) is 0 Å². The van der Waals surface area contributed by atoms with Gasteiger partial charge in [0.25, 0.3) is 10.1 Å². The number of ether oxygens (including phenoxy) is 2. The van der Waals surface area contributed by atoms with Gasteiger partial charge in [0.1, 0.15) is 36.3 Å². The van der Waals surface area contributed by atoms with Gasteiger partial charge in [-0.25, -0.2) is 4.79 Å². The molecule has 0 saturated carbocycles. The van der Waals surface area contributed by atoms with Gasteiger partial charge in [0.05, 0.1) is 32.6 Å². The number of esters is 1. The first-order valence-electron chi connectivity index (χ1n) is 7.94. The Bertz CT molecular complexity index is 764. The Kier molecular flexibility index (Phi) is 8.75. The summed E-state index contributed by atoms with van der Waals surface area (Å²) in [4.78, 5) is 11.6. The van der Waals surface area contributed by atoms with Crippen LogP contribution in [0, 0.1) is 0 Å². The number of aliphatic hydroxyl groups is 5. The molecule has 1 rings (SSSR count). The van der Waals surface area contributed by atoms with E-state index in [4.69, 9.17) is 9.84 Å². The van der Waals surface area contributed by atoms with E-state index >= 15 is 0 Å². The molecule has 1 aromatic rings. The van der Waals surface area contributed by atoms with E-state index in [1.165, 1.54) is 32.4 Å². The Morgan fingerprint density at radius 2 is 1.68 bits per heavy atom. The quantitative estimate of drug-likeness (QED) is 0.206. The summed E-state index contributed by atoms with van der Waals surface area (Å²) in [6.07, 6.45) is -9.07.